The third kappa shape index (κ3) is 2.97. The summed E-state index contributed by atoms with van der Waals surface area (Å²) >= 11 is 1.46. The maximum Gasteiger partial charge on any atom is 0.252 e. The first kappa shape index (κ1) is 13.8. The lowest BCUT2D eigenvalue weighted by Crippen LogP contribution is -2.42. The van der Waals surface area contributed by atoms with Gasteiger partial charge in [-0.3, -0.25) is 9.59 Å². The van der Waals surface area contributed by atoms with Gasteiger partial charge < -0.3 is 10.2 Å². The number of aryl methyl sites for hydroxylation is 1. The number of carbonyl (C=O) groups is 2. The molecule has 2 heterocycles. The van der Waals surface area contributed by atoms with Gasteiger partial charge in [-0.05, 0) is 35.9 Å². The molecule has 1 aromatic heterocycles. The van der Waals surface area contributed by atoms with Crippen LogP contribution in [0.15, 0.2) is 41.1 Å². The minimum Gasteiger partial charge on any atom is -0.343 e. The number of nitrogens with zero attached hydrogens (tertiary/aromatic N) is 1. The second-order valence-electron chi connectivity index (χ2n) is 4.97. The van der Waals surface area contributed by atoms with Crippen LogP contribution >= 0.6 is 11.3 Å². The van der Waals surface area contributed by atoms with E-state index in [9.17, 15) is 9.59 Å². The van der Waals surface area contributed by atoms with Crippen LogP contribution in [0.3, 0.4) is 0 Å². The fraction of sp³-hybridized carbons (Fsp3) is 0.250. The van der Waals surface area contributed by atoms with Crippen molar-refractivity contribution in [3.63, 3.8) is 0 Å². The quantitative estimate of drug-likeness (QED) is 0.946. The number of hydrogen-bond donors (Lipinski definition) is 1. The minimum absolute atomic E-state index is 0.0308. The maximum atomic E-state index is 12.3. The number of carbonyl (C=O) groups excluding carboxylic acids is 2. The van der Waals surface area contributed by atoms with Crippen molar-refractivity contribution in [1.29, 1.82) is 0 Å². The Kier molecular flexibility index (Phi) is 4.01. The highest BCUT2D eigenvalue weighted by atomic mass is 32.1. The molecule has 1 aliphatic rings. The van der Waals surface area contributed by atoms with E-state index in [1.54, 1.807) is 16.3 Å². The number of nitrogens with one attached hydrogen (secondary N) is 1. The standard InChI is InChI=1S/C16H16N2O2S/c19-15(10-17-16(20)13-7-9-21-11-13)18-8-3-5-12-4-1-2-6-14(12)18/h1-2,4,6-7,9,11H,3,5,8,10H2,(H,17,20). The molecule has 21 heavy (non-hydrogen) atoms. The van der Waals surface area contributed by atoms with Crippen LogP contribution < -0.4 is 10.2 Å². The summed E-state index contributed by atoms with van der Waals surface area (Å²) in [6.45, 7) is 0.743. The molecule has 0 unspecified atom stereocenters. The van der Waals surface area contributed by atoms with Gasteiger partial charge in [-0.25, -0.2) is 0 Å². The van der Waals surface area contributed by atoms with Crippen molar-refractivity contribution < 1.29 is 9.59 Å². The van der Waals surface area contributed by atoms with E-state index in [4.69, 9.17) is 0 Å². The molecule has 5 heteroatoms. The molecule has 1 aliphatic heterocycles. The predicted octanol–water partition coefficient (Wildman–Crippen LogP) is 2.46. The zero-order chi connectivity index (χ0) is 14.7. The Balaban J connectivity index is 1.65. The Labute approximate surface area is 127 Å². The molecular weight excluding hydrogens is 284 g/mol. The molecule has 2 aromatic rings. The number of benzene rings is 1. The van der Waals surface area contributed by atoms with E-state index >= 15 is 0 Å². The molecule has 0 atom stereocenters. The summed E-state index contributed by atoms with van der Waals surface area (Å²) in [6.07, 6.45) is 1.96. The lowest BCUT2D eigenvalue weighted by Gasteiger charge is -2.29. The Hall–Kier alpha value is -2.14. The molecule has 0 aliphatic carbocycles. The van der Waals surface area contributed by atoms with Crippen LogP contribution in [0.1, 0.15) is 22.3 Å². The normalized spacial score (nSPS) is 13.6. The first-order chi connectivity index (χ1) is 10.3. The Morgan fingerprint density at radius 3 is 2.90 bits per heavy atom. The number of hydrogen-bond acceptors (Lipinski definition) is 3. The maximum absolute atomic E-state index is 12.3. The third-order valence-corrected chi connectivity index (χ3v) is 4.28. The number of fused-ring (bicyclic) bond motifs is 1. The van der Waals surface area contributed by atoms with Crippen LogP contribution in [0.25, 0.3) is 0 Å². The average Bonchev–Trinajstić information content (AvgIpc) is 3.06. The van der Waals surface area contributed by atoms with Crippen LogP contribution in [0.5, 0.6) is 0 Å². The van der Waals surface area contributed by atoms with E-state index in [-0.39, 0.29) is 18.4 Å². The number of para-hydroxylation sites is 1. The predicted molar refractivity (Wildman–Crippen MR) is 83.8 cm³/mol. The molecule has 3 rings (SSSR count). The van der Waals surface area contributed by atoms with E-state index in [1.807, 2.05) is 23.6 Å². The molecule has 0 fully saturated rings. The highest BCUT2D eigenvalue weighted by Gasteiger charge is 2.22. The first-order valence-corrected chi connectivity index (χ1v) is 7.88. The van der Waals surface area contributed by atoms with Crippen LogP contribution in [-0.2, 0) is 11.2 Å². The van der Waals surface area contributed by atoms with Gasteiger partial charge in [0.25, 0.3) is 5.91 Å². The van der Waals surface area contributed by atoms with Gasteiger partial charge in [0.05, 0.1) is 6.54 Å². The second kappa shape index (κ2) is 6.10. The van der Waals surface area contributed by atoms with Crippen molar-refractivity contribution in [2.75, 3.05) is 18.0 Å². The molecule has 4 nitrogen and oxygen atoms in total. The highest BCUT2D eigenvalue weighted by Crippen LogP contribution is 2.26. The average molecular weight is 300 g/mol. The van der Waals surface area contributed by atoms with E-state index in [0.717, 1.165) is 18.5 Å². The number of thiophene rings is 1. The van der Waals surface area contributed by atoms with Gasteiger partial charge in [0.15, 0.2) is 0 Å². The fourth-order valence-corrected chi connectivity index (χ4v) is 3.18. The number of amides is 2. The van der Waals surface area contributed by atoms with Gasteiger partial charge >= 0.3 is 0 Å². The smallest absolute Gasteiger partial charge is 0.252 e. The van der Waals surface area contributed by atoms with Crippen LogP contribution in [0.4, 0.5) is 5.69 Å². The Morgan fingerprint density at radius 2 is 2.10 bits per heavy atom. The van der Waals surface area contributed by atoms with Gasteiger partial charge in [-0.1, -0.05) is 18.2 Å². The van der Waals surface area contributed by atoms with Crippen LogP contribution in [0, 0.1) is 0 Å². The summed E-state index contributed by atoms with van der Waals surface area (Å²) in [5.74, 6) is -0.263. The molecule has 0 saturated heterocycles. The molecule has 0 spiro atoms. The molecule has 2 amide bonds. The van der Waals surface area contributed by atoms with Gasteiger partial charge in [0.1, 0.15) is 0 Å². The molecule has 0 saturated carbocycles. The van der Waals surface area contributed by atoms with E-state index < -0.39 is 0 Å². The third-order valence-electron chi connectivity index (χ3n) is 3.59. The lowest BCUT2D eigenvalue weighted by atomic mass is 10.0. The molecule has 1 N–H and O–H groups in total. The van der Waals surface area contributed by atoms with Gasteiger partial charge in [-0.15, -0.1) is 0 Å². The van der Waals surface area contributed by atoms with Crippen LogP contribution in [-0.4, -0.2) is 24.9 Å². The Morgan fingerprint density at radius 1 is 1.24 bits per heavy atom. The van der Waals surface area contributed by atoms with Crippen LogP contribution in [0.2, 0.25) is 0 Å². The first-order valence-electron chi connectivity index (χ1n) is 6.94. The topological polar surface area (TPSA) is 49.4 Å². The highest BCUT2D eigenvalue weighted by molar-refractivity contribution is 7.08. The number of anilines is 1. The minimum atomic E-state index is -0.199. The van der Waals surface area contributed by atoms with Gasteiger partial charge in [0.2, 0.25) is 5.91 Å². The molecule has 0 bridgehead atoms. The zero-order valence-corrected chi connectivity index (χ0v) is 12.4. The summed E-state index contributed by atoms with van der Waals surface area (Å²) in [4.78, 5) is 26.0. The molecule has 108 valence electrons. The molecule has 1 aromatic carbocycles. The summed E-state index contributed by atoms with van der Waals surface area (Å²) in [6, 6.07) is 9.70. The molecule has 0 radical (unpaired) electrons. The van der Waals surface area contributed by atoms with Crippen molar-refractivity contribution in [3.8, 4) is 0 Å². The van der Waals surface area contributed by atoms with E-state index in [2.05, 4.69) is 11.4 Å². The monoisotopic (exact) mass is 300 g/mol. The van der Waals surface area contributed by atoms with Gasteiger partial charge in [-0.2, -0.15) is 11.3 Å². The second-order valence-corrected chi connectivity index (χ2v) is 5.75. The largest absolute Gasteiger partial charge is 0.343 e. The van der Waals surface area contributed by atoms with Crippen molar-refractivity contribution in [2.24, 2.45) is 0 Å². The van der Waals surface area contributed by atoms with E-state index in [1.165, 1.54) is 16.9 Å². The molecular formula is C16H16N2O2S. The van der Waals surface area contributed by atoms with Crippen molar-refractivity contribution in [2.45, 2.75) is 12.8 Å². The van der Waals surface area contributed by atoms with Crippen molar-refractivity contribution in [1.82, 2.24) is 5.32 Å². The summed E-state index contributed by atoms with van der Waals surface area (Å²) in [5.41, 5.74) is 2.77. The lowest BCUT2D eigenvalue weighted by molar-refractivity contribution is -0.117. The van der Waals surface area contributed by atoms with Gasteiger partial charge in [0, 0.05) is 23.2 Å². The Bertz CT molecular complexity index is 652. The summed E-state index contributed by atoms with van der Waals surface area (Å²) in [5, 5.41) is 6.31. The van der Waals surface area contributed by atoms with Crippen molar-refractivity contribution >= 4 is 28.8 Å². The zero-order valence-electron chi connectivity index (χ0n) is 11.5. The van der Waals surface area contributed by atoms with Crippen molar-refractivity contribution in [3.05, 3.63) is 52.2 Å². The van der Waals surface area contributed by atoms with E-state index in [0.29, 0.717) is 12.1 Å². The fourth-order valence-electron chi connectivity index (χ4n) is 2.54. The summed E-state index contributed by atoms with van der Waals surface area (Å²) in [7, 11) is 0. The number of rotatable bonds is 3. The summed E-state index contributed by atoms with van der Waals surface area (Å²) < 4.78 is 0. The SMILES string of the molecule is O=C(NCC(=O)N1CCCc2ccccc21)c1ccsc1.